The zero-order chi connectivity index (χ0) is 13.3. The highest BCUT2D eigenvalue weighted by Crippen LogP contribution is 2.44. The molecule has 1 aliphatic carbocycles. The number of anilines is 1. The lowest BCUT2D eigenvalue weighted by molar-refractivity contribution is -0.0976. The summed E-state index contributed by atoms with van der Waals surface area (Å²) in [5, 5.41) is 3.51. The topological polar surface area (TPSA) is 34.1 Å². The van der Waals surface area contributed by atoms with E-state index in [0.29, 0.717) is 12.1 Å². The molecular weight excluding hydrogens is 292 g/mol. The number of aryl methyl sites for hydroxylation is 1. The molecule has 0 aromatic carbocycles. The molecule has 1 heterocycles. The lowest BCUT2D eigenvalue weighted by Crippen LogP contribution is -2.58. The molecule has 1 aromatic heterocycles. The molecule has 100 valence electrons. The van der Waals surface area contributed by atoms with Gasteiger partial charge in [0.05, 0.1) is 10.6 Å². The van der Waals surface area contributed by atoms with Gasteiger partial charge >= 0.3 is 0 Å². The van der Waals surface area contributed by atoms with Crippen LogP contribution in [-0.2, 0) is 4.74 Å². The standard InChI is InChI=1S/C14H21BrN2O/c1-5-18-12-7-11(14(12,3)4)17-13-10(15)6-9(2)8-16-13/h6,8,11-12H,5,7H2,1-4H3,(H,16,17). The molecule has 1 fully saturated rings. The van der Waals surface area contributed by atoms with Gasteiger partial charge in [0.15, 0.2) is 0 Å². The molecule has 0 amide bonds. The number of nitrogens with zero attached hydrogens (tertiary/aromatic N) is 1. The molecule has 0 spiro atoms. The fraction of sp³-hybridized carbons (Fsp3) is 0.643. The molecule has 2 atom stereocenters. The monoisotopic (exact) mass is 312 g/mol. The number of halogens is 1. The summed E-state index contributed by atoms with van der Waals surface area (Å²) >= 11 is 3.56. The van der Waals surface area contributed by atoms with Crippen molar-refractivity contribution >= 4 is 21.7 Å². The van der Waals surface area contributed by atoms with Gasteiger partial charge in [-0.3, -0.25) is 0 Å². The summed E-state index contributed by atoms with van der Waals surface area (Å²) in [5.74, 6) is 0.925. The average molecular weight is 313 g/mol. The molecule has 2 unspecified atom stereocenters. The van der Waals surface area contributed by atoms with Crippen LogP contribution in [0.5, 0.6) is 0 Å². The molecule has 0 bridgehead atoms. The quantitative estimate of drug-likeness (QED) is 0.919. The van der Waals surface area contributed by atoms with Crippen molar-refractivity contribution in [3.8, 4) is 0 Å². The Balaban J connectivity index is 2.03. The second-order valence-corrected chi connectivity index (χ2v) is 6.40. The molecule has 2 rings (SSSR count). The fourth-order valence-electron chi connectivity index (χ4n) is 2.42. The summed E-state index contributed by atoms with van der Waals surface area (Å²) in [7, 11) is 0. The van der Waals surface area contributed by atoms with Gasteiger partial charge in [-0.2, -0.15) is 0 Å². The first-order valence-corrected chi connectivity index (χ1v) is 7.24. The normalized spacial score (nSPS) is 25.6. The molecule has 0 radical (unpaired) electrons. The van der Waals surface area contributed by atoms with Crippen LogP contribution in [0.2, 0.25) is 0 Å². The number of ether oxygens (including phenoxy) is 1. The first kappa shape index (κ1) is 13.8. The third-order valence-corrected chi connectivity index (χ3v) is 4.44. The smallest absolute Gasteiger partial charge is 0.140 e. The van der Waals surface area contributed by atoms with Gasteiger partial charge in [0, 0.05) is 24.3 Å². The molecule has 1 N–H and O–H groups in total. The van der Waals surface area contributed by atoms with Crippen molar-refractivity contribution in [3.05, 3.63) is 22.3 Å². The van der Waals surface area contributed by atoms with E-state index in [-0.39, 0.29) is 5.41 Å². The molecule has 4 heteroatoms. The number of hydrogen-bond acceptors (Lipinski definition) is 3. The summed E-state index contributed by atoms with van der Waals surface area (Å²) in [6.07, 6.45) is 3.28. The summed E-state index contributed by atoms with van der Waals surface area (Å²) in [6.45, 7) is 9.37. The Kier molecular flexibility index (Phi) is 3.97. The van der Waals surface area contributed by atoms with Gasteiger partial charge in [0.2, 0.25) is 0 Å². The Morgan fingerprint density at radius 3 is 2.83 bits per heavy atom. The van der Waals surface area contributed by atoms with E-state index in [1.807, 2.05) is 13.1 Å². The molecular formula is C14H21BrN2O. The van der Waals surface area contributed by atoms with Crippen LogP contribution in [-0.4, -0.2) is 23.7 Å². The maximum Gasteiger partial charge on any atom is 0.140 e. The lowest BCUT2D eigenvalue weighted by Gasteiger charge is -2.51. The van der Waals surface area contributed by atoms with E-state index in [2.05, 4.69) is 53.1 Å². The van der Waals surface area contributed by atoms with Crippen LogP contribution in [0.4, 0.5) is 5.82 Å². The van der Waals surface area contributed by atoms with Crippen LogP contribution in [0.15, 0.2) is 16.7 Å². The number of rotatable bonds is 4. The van der Waals surface area contributed by atoms with E-state index in [1.165, 1.54) is 0 Å². The van der Waals surface area contributed by atoms with Crippen LogP contribution in [0.1, 0.15) is 32.8 Å². The molecule has 18 heavy (non-hydrogen) atoms. The van der Waals surface area contributed by atoms with Crippen LogP contribution < -0.4 is 5.32 Å². The number of pyridine rings is 1. The van der Waals surface area contributed by atoms with E-state index in [4.69, 9.17) is 4.74 Å². The third-order valence-electron chi connectivity index (χ3n) is 3.83. The van der Waals surface area contributed by atoms with Gasteiger partial charge < -0.3 is 10.1 Å². The summed E-state index contributed by atoms with van der Waals surface area (Å²) < 4.78 is 6.76. The van der Waals surface area contributed by atoms with Crippen molar-refractivity contribution in [2.75, 3.05) is 11.9 Å². The van der Waals surface area contributed by atoms with Gasteiger partial charge in [0.25, 0.3) is 0 Å². The molecule has 1 aliphatic rings. The van der Waals surface area contributed by atoms with Gasteiger partial charge in [-0.1, -0.05) is 13.8 Å². The zero-order valence-corrected chi connectivity index (χ0v) is 13.0. The van der Waals surface area contributed by atoms with Gasteiger partial charge in [-0.05, 0) is 47.8 Å². The summed E-state index contributed by atoms with van der Waals surface area (Å²) in [4.78, 5) is 4.44. The Labute approximate surface area is 117 Å². The second kappa shape index (κ2) is 5.17. The highest BCUT2D eigenvalue weighted by molar-refractivity contribution is 9.10. The van der Waals surface area contributed by atoms with Crippen LogP contribution >= 0.6 is 15.9 Å². The Bertz CT molecular complexity index is 434. The number of hydrogen-bond donors (Lipinski definition) is 1. The third kappa shape index (κ3) is 2.54. The van der Waals surface area contributed by atoms with Gasteiger partial charge in [0.1, 0.15) is 5.82 Å². The van der Waals surface area contributed by atoms with Crippen molar-refractivity contribution in [1.82, 2.24) is 4.98 Å². The second-order valence-electron chi connectivity index (χ2n) is 5.54. The SMILES string of the molecule is CCOC1CC(Nc2ncc(C)cc2Br)C1(C)C. The van der Waals surface area contributed by atoms with Crippen LogP contribution in [0, 0.1) is 12.3 Å². The average Bonchev–Trinajstić information content (AvgIpc) is 2.30. The summed E-state index contributed by atoms with van der Waals surface area (Å²) in [6, 6.07) is 2.50. The fourth-order valence-corrected chi connectivity index (χ4v) is 3.00. The molecule has 1 aromatic rings. The largest absolute Gasteiger partial charge is 0.378 e. The predicted octanol–water partition coefficient (Wildman–Crippen LogP) is 3.77. The van der Waals surface area contributed by atoms with E-state index in [0.717, 1.165) is 28.9 Å². The lowest BCUT2D eigenvalue weighted by atomic mass is 9.64. The first-order chi connectivity index (χ1) is 8.45. The van der Waals surface area contributed by atoms with Crippen molar-refractivity contribution < 1.29 is 4.74 Å². The van der Waals surface area contributed by atoms with E-state index < -0.39 is 0 Å². The van der Waals surface area contributed by atoms with Crippen molar-refractivity contribution in [1.29, 1.82) is 0 Å². The van der Waals surface area contributed by atoms with Crippen LogP contribution in [0.25, 0.3) is 0 Å². The molecule has 0 saturated heterocycles. The van der Waals surface area contributed by atoms with Crippen molar-refractivity contribution in [2.24, 2.45) is 5.41 Å². The molecule has 0 aliphatic heterocycles. The van der Waals surface area contributed by atoms with Crippen LogP contribution in [0.3, 0.4) is 0 Å². The van der Waals surface area contributed by atoms with Gasteiger partial charge in [-0.25, -0.2) is 4.98 Å². The van der Waals surface area contributed by atoms with E-state index in [1.54, 1.807) is 0 Å². The molecule has 1 saturated carbocycles. The highest BCUT2D eigenvalue weighted by Gasteiger charge is 2.49. The minimum Gasteiger partial charge on any atom is -0.378 e. The Morgan fingerprint density at radius 2 is 2.28 bits per heavy atom. The Morgan fingerprint density at radius 1 is 1.56 bits per heavy atom. The minimum atomic E-state index is 0.155. The van der Waals surface area contributed by atoms with E-state index in [9.17, 15) is 0 Å². The Hall–Kier alpha value is -0.610. The van der Waals surface area contributed by atoms with Crippen molar-refractivity contribution in [3.63, 3.8) is 0 Å². The number of aromatic nitrogens is 1. The summed E-state index contributed by atoms with van der Waals surface area (Å²) in [5.41, 5.74) is 1.31. The maximum atomic E-state index is 5.74. The highest BCUT2D eigenvalue weighted by atomic mass is 79.9. The molecule has 3 nitrogen and oxygen atoms in total. The number of nitrogens with one attached hydrogen (secondary N) is 1. The zero-order valence-electron chi connectivity index (χ0n) is 11.5. The predicted molar refractivity (Wildman–Crippen MR) is 77.9 cm³/mol. The van der Waals surface area contributed by atoms with E-state index >= 15 is 0 Å². The minimum absolute atomic E-state index is 0.155. The van der Waals surface area contributed by atoms with Crippen molar-refractivity contribution in [2.45, 2.75) is 46.3 Å². The first-order valence-electron chi connectivity index (χ1n) is 6.45. The maximum absolute atomic E-state index is 5.74. The van der Waals surface area contributed by atoms with Gasteiger partial charge in [-0.15, -0.1) is 0 Å².